The third-order valence-electron chi connectivity index (χ3n) is 9.92. The third-order valence-corrected chi connectivity index (χ3v) is 9.92. The Balaban J connectivity index is 1.30. The molecule has 3 aliphatic heterocycles. The average Bonchev–Trinajstić information content (AvgIpc) is 3.40. The van der Waals surface area contributed by atoms with Crippen LogP contribution in [0.15, 0.2) is 0 Å². The molecule has 2 saturated carbocycles. The first-order chi connectivity index (χ1) is 17.7. The maximum atomic E-state index is 16.0. The predicted molar refractivity (Wildman–Crippen MR) is 125 cm³/mol. The molecule has 3 heterocycles. The van der Waals surface area contributed by atoms with Crippen molar-refractivity contribution in [2.45, 2.75) is 81.6 Å². The molecule has 13 heteroatoms. The molecule has 5 aliphatic rings. The third kappa shape index (κ3) is 4.94. The van der Waals surface area contributed by atoms with E-state index in [-0.39, 0.29) is 57.4 Å². The second-order valence-electron chi connectivity index (χ2n) is 12.4. The number of carbonyl (C=O) groups excluding carboxylic acids is 1. The molecule has 218 valence electrons. The SMILES string of the molecule is CN1CNNC1C(F)(F)[C@](C)(F)C1CCCC(N2CC3C(CC(CN4CC(F)C4)CC3C(F)(F)F)C2=O)C1. The van der Waals surface area contributed by atoms with Crippen LogP contribution in [0.2, 0.25) is 0 Å². The zero-order valence-corrected chi connectivity index (χ0v) is 21.8. The molecule has 2 aliphatic carbocycles. The van der Waals surface area contributed by atoms with Crippen LogP contribution in [0, 0.1) is 29.6 Å². The Bertz CT molecular complexity index is 883. The summed E-state index contributed by atoms with van der Waals surface area (Å²) in [7, 11) is 1.46. The van der Waals surface area contributed by atoms with Gasteiger partial charge in [0.25, 0.3) is 0 Å². The lowest BCUT2D eigenvalue weighted by Crippen LogP contribution is -2.62. The van der Waals surface area contributed by atoms with Gasteiger partial charge in [-0.05, 0) is 57.9 Å². The Hall–Kier alpha value is -1.18. The first-order valence-corrected chi connectivity index (χ1v) is 13.7. The summed E-state index contributed by atoms with van der Waals surface area (Å²) in [5, 5.41) is 0. The summed E-state index contributed by atoms with van der Waals surface area (Å²) in [5.74, 6) is -8.88. The lowest BCUT2D eigenvalue weighted by Gasteiger charge is -2.45. The molecular weight excluding hydrogens is 519 g/mol. The van der Waals surface area contributed by atoms with Crippen molar-refractivity contribution < 1.29 is 35.5 Å². The van der Waals surface area contributed by atoms with Crippen molar-refractivity contribution in [1.82, 2.24) is 25.6 Å². The Labute approximate surface area is 218 Å². The van der Waals surface area contributed by atoms with Crippen molar-refractivity contribution in [1.29, 1.82) is 0 Å². The molecule has 0 aromatic rings. The van der Waals surface area contributed by atoms with Crippen molar-refractivity contribution in [3.8, 4) is 0 Å². The van der Waals surface area contributed by atoms with Gasteiger partial charge in [0.05, 0.1) is 12.6 Å². The van der Waals surface area contributed by atoms with E-state index < -0.39 is 59.8 Å². The highest BCUT2D eigenvalue weighted by molar-refractivity contribution is 5.82. The molecule has 0 spiro atoms. The summed E-state index contributed by atoms with van der Waals surface area (Å²) in [4.78, 5) is 18.0. The Morgan fingerprint density at radius 1 is 1.00 bits per heavy atom. The first-order valence-electron chi connectivity index (χ1n) is 13.7. The van der Waals surface area contributed by atoms with Crippen molar-refractivity contribution in [2.75, 3.05) is 39.9 Å². The van der Waals surface area contributed by atoms with Gasteiger partial charge in [-0.3, -0.25) is 14.6 Å². The van der Waals surface area contributed by atoms with Crippen LogP contribution in [0.4, 0.5) is 30.7 Å². The molecule has 6 nitrogen and oxygen atoms in total. The summed E-state index contributed by atoms with van der Waals surface area (Å²) in [6.45, 7) is 1.70. The number of hydrogen-bond donors (Lipinski definition) is 2. The van der Waals surface area contributed by atoms with Crippen molar-refractivity contribution in [3.05, 3.63) is 0 Å². The molecule has 5 rings (SSSR count). The van der Waals surface area contributed by atoms with Crippen molar-refractivity contribution in [3.63, 3.8) is 0 Å². The summed E-state index contributed by atoms with van der Waals surface area (Å²) in [5.41, 5.74) is 2.15. The lowest BCUT2D eigenvalue weighted by atomic mass is 9.68. The van der Waals surface area contributed by atoms with Crippen molar-refractivity contribution >= 4 is 5.91 Å². The number of amides is 1. The molecule has 38 heavy (non-hydrogen) atoms. The van der Waals surface area contributed by atoms with Gasteiger partial charge in [0.1, 0.15) is 12.3 Å². The molecule has 0 bridgehead atoms. The van der Waals surface area contributed by atoms with E-state index in [1.807, 2.05) is 0 Å². The van der Waals surface area contributed by atoms with Crippen LogP contribution in [-0.4, -0.2) is 96.6 Å². The van der Waals surface area contributed by atoms with E-state index >= 15 is 13.2 Å². The van der Waals surface area contributed by atoms with E-state index in [2.05, 4.69) is 10.9 Å². The minimum Gasteiger partial charge on any atom is -0.339 e. The van der Waals surface area contributed by atoms with Gasteiger partial charge >= 0.3 is 12.1 Å². The van der Waals surface area contributed by atoms with Gasteiger partial charge < -0.3 is 4.90 Å². The monoisotopic (exact) mass is 557 g/mol. The standard InChI is InChI=1S/C25H38F7N5O/c1-23(27,24(28,29)22-34-33-13-35(22)2)15-4-3-5-17(8-15)37-12-19-18(21(37)38)6-14(7-20(19)25(30,31)32)9-36-10-16(26)11-36/h14-20,22,33-34H,3-13H2,1-2H3/t14?,15?,17?,18?,19?,20?,22?,23-/m1/s1. The van der Waals surface area contributed by atoms with Crippen LogP contribution in [-0.2, 0) is 4.79 Å². The number of alkyl halides is 7. The van der Waals surface area contributed by atoms with Gasteiger partial charge in [-0.1, -0.05) is 6.42 Å². The normalized spacial score (nSPS) is 39.8. The Morgan fingerprint density at radius 3 is 2.32 bits per heavy atom. The van der Waals surface area contributed by atoms with E-state index in [1.54, 1.807) is 4.90 Å². The zero-order chi connectivity index (χ0) is 27.6. The van der Waals surface area contributed by atoms with Gasteiger partial charge in [-0.15, -0.1) is 0 Å². The average molecular weight is 558 g/mol. The first kappa shape index (κ1) is 28.4. The largest absolute Gasteiger partial charge is 0.392 e. The van der Waals surface area contributed by atoms with Crippen LogP contribution in [0.3, 0.4) is 0 Å². The van der Waals surface area contributed by atoms with Crippen LogP contribution in [0.5, 0.6) is 0 Å². The minimum absolute atomic E-state index is 0.0105. The van der Waals surface area contributed by atoms with E-state index in [1.165, 1.54) is 16.8 Å². The van der Waals surface area contributed by atoms with Crippen LogP contribution in [0.25, 0.3) is 0 Å². The zero-order valence-electron chi connectivity index (χ0n) is 21.8. The van der Waals surface area contributed by atoms with E-state index in [0.29, 0.717) is 25.8 Å². The van der Waals surface area contributed by atoms with Gasteiger partial charge in [0, 0.05) is 44.1 Å². The second kappa shape index (κ2) is 10.0. The second-order valence-corrected chi connectivity index (χ2v) is 12.4. The number of nitrogens with zero attached hydrogens (tertiary/aromatic N) is 3. The Kier molecular flexibility index (Phi) is 7.48. The van der Waals surface area contributed by atoms with Gasteiger partial charge in [0.2, 0.25) is 5.91 Å². The van der Waals surface area contributed by atoms with E-state index in [0.717, 1.165) is 6.92 Å². The molecule has 0 radical (unpaired) electrons. The Morgan fingerprint density at radius 2 is 1.71 bits per heavy atom. The van der Waals surface area contributed by atoms with Gasteiger partial charge in [0.15, 0.2) is 5.67 Å². The minimum atomic E-state index is -4.47. The fourth-order valence-corrected chi connectivity index (χ4v) is 7.70. The van der Waals surface area contributed by atoms with E-state index in [9.17, 15) is 22.4 Å². The molecule has 2 N–H and O–H groups in total. The number of hydrazine groups is 1. The molecule has 3 saturated heterocycles. The van der Waals surface area contributed by atoms with E-state index in [4.69, 9.17) is 0 Å². The fraction of sp³-hybridized carbons (Fsp3) is 0.960. The number of halogens is 7. The maximum absolute atomic E-state index is 16.0. The van der Waals surface area contributed by atoms with Crippen LogP contribution in [0.1, 0.15) is 45.4 Å². The van der Waals surface area contributed by atoms with Crippen LogP contribution >= 0.6 is 0 Å². The highest BCUT2D eigenvalue weighted by Crippen LogP contribution is 2.52. The maximum Gasteiger partial charge on any atom is 0.392 e. The highest BCUT2D eigenvalue weighted by Gasteiger charge is 2.63. The summed E-state index contributed by atoms with van der Waals surface area (Å²) < 4.78 is 102. The van der Waals surface area contributed by atoms with Gasteiger partial charge in [-0.2, -0.15) is 22.0 Å². The topological polar surface area (TPSA) is 50.9 Å². The molecule has 0 aromatic heterocycles. The highest BCUT2D eigenvalue weighted by atomic mass is 19.4. The molecular formula is C25H38F7N5O. The lowest BCUT2D eigenvalue weighted by molar-refractivity contribution is -0.205. The number of fused-ring (bicyclic) bond motifs is 1. The summed E-state index contributed by atoms with van der Waals surface area (Å²) >= 11 is 0. The molecule has 0 aromatic carbocycles. The van der Waals surface area contributed by atoms with Crippen molar-refractivity contribution in [2.24, 2.45) is 29.6 Å². The number of rotatable bonds is 6. The summed E-state index contributed by atoms with van der Waals surface area (Å²) in [6.07, 6.45) is -5.68. The number of carbonyl (C=O) groups is 1. The number of hydrogen-bond acceptors (Lipinski definition) is 5. The number of likely N-dealkylation sites (tertiary alicyclic amines) is 2. The van der Waals surface area contributed by atoms with Crippen LogP contribution < -0.4 is 10.9 Å². The fourth-order valence-electron chi connectivity index (χ4n) is 7.70. The quantitative estimate of drug-likeness (QED) is 0.490. The molecule has 1 amide bonds. The summed E-state index contributed by atoms with van der Waals surface area (Å²) in [6, 6.07) is -0.569. The van der Waals surface area contributed by atoms with Gasteiger partial charge in [-0.25, -0.2) is 19.6 Å². The predicted octanol–water partition coefficient (Wildman–Crippen LogP) is 3.55. The molecule has 7 unspecified atom stereocenters. The molecule has 8 atom stereocenters. The smallest absolute Gasteiger partial charge is 0.339 e. The number of nitrogens with one attached hydrogen (secondary N) is 2. The molecule has 5 fully saturated rings.